The predicted octanol–water partition coefficient (Wildman–Crippen LogP) is 2.15. The van der Waals surface area contributed by atoms with Gasteiger partial charge in [0.1, 0.15) is 0 Å². The standard InChI is InChI=1S/C10H15NO2S2/c1-3-11(4-5-13-2)10(12)9-6-8(14)7-15-9/h6-7,14H,3-5H2,1-2H3. The number of rotatable bonds is 5. The van der Waals surface area contributed by atoms with E-state index in [1.807, 2.05) is 12.3 Å². The molecule has 3 nitrogen and oxygen atoms in total. The van der Waals surface area contributed by atoms with Crippen molar-refractivity contribution in [3.63, 3.8) is 0 Å². The van der Waals surface area contributed by atoms with Crippen molar-refractivity contribution in [2.24, 2.45) is 0 Å². The Morgan fingerprint density at radius 3 is 2.87 bits per heavy atom. The monoisotopic (exact) mass is 245 g/mol. The fourth-order valence-electron chi connectivity index (χ4n) is 1.20. The molecule has 84 valence electrons. The van der Waals surface area contributed by atoms with Crippen LogP contribution in [0, 0.1) is 0 Å². The summed E-state index contributed by atoms with van der Waals surface area (Å²) in [5, 5.41) is 1.86. The lowest BCUT2D eigenvalue weighted by molar-refractivity contribution is 0.0711. The van der Waals surface area contributed by atoms with Gasteiger partial charge in [-0.15, -0.1) is 24.0 Å². The first-order chi connectivity index (χ1) is 7.19. The summed E-state index contributed by atoms with van der Waals surface area (Å²) in [5.41, 5.74) is 0. The highest BCUT2D eigenvalue weighted by molar-refractivity contribution is 7.80. The van der Waals surface area contributed by atoms with Crippen LogP contribution in [0.5, 0.6) is 0 Å². The zero-order valence-electron chi connectivity index (χ0n) is 8.90. The zero-order valence-corrected chi connectivity index (χ0v) is 10.6. The minimum atomic E-state index is 0.0554. The second-order valence-electron chi connectivity index (χ2n) is 3.05. The van der Waals surface area contributed by atoms with E-state index in [1.54, 1.807) is 18.1 Å². The quantitative estimate of drug-likeness (QED) is 0.805. The van der Waals surface area contributed by atoms with E-state index in [9.17, 15) is 4.79 Å². The molecule has 1 heterocycles. The second-order valence-corrected chi connectivity index (χ2v) is 4.47. The molecule has 0 saturated heterocycles. The van der Waals surface area contributed by atoms with Crippen LogP contribution >= 0.6 is 24.0 Å². The molecule has 5 heteroatoms. The molecular weight excluding hydrogens is 230 g/mol. The van der Waals surface area contributed by atoms with Gasteiger partial charge in [-0.05, 0) is 13.0 Å². The second kappa shape index (κ2) is 6.15. The third kappa shape index (κ3) is 3.52. The van der Waals surface area contributed by atoms with Crippen LogP contribution in [0.25, 0.3) is 0 Å². The molecule has 1 rings (SSSR count). The Hall–Kier alpha value is -0.520. The van der Waals surface area contributed by atoms with Gasteiger partial charge in [-0.3, -0.25) is 4.79 Å². The van der Waals surface area contributed by atoms with E-state index in [1.165, 1.54) is 11.3 Å². The summed E-state index contributed by atoms with van der Waals surface area (Å²) in [6.45, 7) is 3.86. The number of thiol groups is 1. The van der Waals surface area contributed by atoms with Gasteiger partial charge in [-0.25, -0.2) is 0 Å². The summed E-state index contributed by atoms with van der Waals surface area (Å²) < 4.78 is 4.96. The summed E-state index contributed by atoms with van der Waals surface area (Å²) in [7, 11) is 1.63. The molecule has 1 aromatic heterocycles. The first-order valence-corrected chi connectivity index (χ1v) is 6.07. The zero-order chi connectivity index (χ0) is 11.3. The number of hydrogen-bond acceptors (Lipinski definition) is 4. The van der Waals surface area contributed by atoms with Crippen molar-refractivity contribution < 1.29 is 9.53 Å². The van der Waals surface area contributed by atoms with Crippen LogP contribution < -0.4 is 0 Å². The summed E-state index contributed by atoms with van der Waals surface area (Å²) in [4.78, 5) is 15.3. The van der Waals surface area contributed by atoms with Crippen molar-refractivity contribution in [3.05, 3.63) is 16.3 Å². The van der Waals surface area contributed by atoms with Crippen molar-refractivity contribution in [2.75, 3.05) is 26.8 Å². The molecule has 1 aromatic rings. The van der Waals surface area contributed by atoms with E-state index in [-0.39, 0.29) is 5.91 Å². The van der Waals surface area contributed by atoms with Gasteiger partial charge in [0, 0.05) is 30.5 Å². The Morgan fingerprint density at radius 2 is 2.40 bits per heavy atom. The van der Waals surface area contributed by atoms with Crippen LogP contribution in [-0.2, 0) is 4.74 Å². The maximum absolute atomic E-state index is 11.9. The lowest BCUT2D eigenvalue weighted by atomic mass is 10.4. The van der Waals surface area contributed by atoms with E-state index < -0.39 is 0 Å². The molecule has 0 aliphatic rings. The van der Waals surface area contributed by atoms with Gasteiger partial charge in [0.2, 0.25) is 0 Å². The Balaban J connectivity index is 2.64. The molecular formula is C10H15NO2S2. The van der Waals surface area contributed by atoms with Gasteiger partial charge in [0.05, 0.1) is 11.5 Å². The number of hydrogen-bond donors (Lipinski definition) is 1. The summed E-state index contributed by atoms with van der Waals surface area (Å²) in [5.74, 6) is 0.0554. The van der Waals surface area contributed by atoms with Crippen molar-refractivity contribution in [2.45, 2.75) is 11.8 Å². The average Bonchev–Trinajstić information content (AvgIpc) is 2.65. The summed E-state index contributed by atoms with van der Waals surface area (Å²) in [6, 6.07) is 1.80. The number of carbonyl (C=O) groups is 1. The van der Waals surface area contributed by atoms with Crippen molar-refractivity contribution in [1.29, 1.82) is 0 Å². The molecule has 15 heavy (non-hydrogen) atoms. The molecule has 0 atom stereocenters. The Morgan fingerprint density at radius 1 is 1.67 bits per heavy atom. The summed E-state index contributed by atoms with van der Waals surface area (Å²) in [6.07, 6.45) is 0. The van der Waals surface area contributed by atoms with Gasteiger partial charge in [0.25, 0.3) is 5.91 Å². The first kappa shape index (κ1) is 12.5. The molecule has 0 radical (unpaired) electrons. The van der Waals surface area contributed by atoms with Gasteiger partial charge < -0.3 is 9.64 Å². The molecule has 0 fully saturated rings. The van der Waals surface area contributed by atoms with Gasteiger partial charge in [0.15, 0.2) is 0 Å². The predicted molar refractivity (Wildman–Crippen MR) is 65.0 cm³/mol. The highest BCUT2D eigenvalue weighted by atomic mass is 32.1. The van der Waals surface area contributed by atoms with E-state index in [2.05, 4.69) is 12.6 Å². The minimum absolute atomic E-state index is 0.0554. The van der Waals surface area contributed by atoms with Crippen LogP contribution in [-0.4, -0.2) is 37.6 Å². The number of amides is 1. The average molecular weight is 245 g/mol. The van der Waals surface area contributed by atoms with Crippen LogP contribution in [0.1, 0.15) is 16.6 Å². The Kier molecular flexibility index (Phi) is 5.14. The fraction of sp³-hybridized carbons (Fsp3) is 0.500. The highest BCUT2D eigenvalue weighted by Crippen LogP contribution is 2.19. The first-order valence-electron chi connectivity index (χ1n) is 4.74. The molecule has 0 aliphatic carbocycles. The van der Waals surface area contributed by atoms with Crippen LogP contribution in [0.4, 0.5) is 0 Å². The molecule has 0 aromatic carbocycles. The third-order valence-corrected chi connectivity index (χ3v) is 3.38. The number of nitrogens with zero attached hydrogens (tertiary/aromatic N) is 1. The largest absolute Gasteiger partial charge is 0.383 e. The Labute approximate surface area is 99.5 Å². The third-order valence-electron chi connectivity index (χ3n) is 2.03. The van der Waals surface area contributed by atoms with Gasteiger partial charge in [-0.1, -0.05) is 0 Å². The SMILES string of the molecule is CCN(CCOC)C(=O)c1cc(S)cs1. The minimum Gasteiger partial charge on any atom is -0.383 e. The molecule has 0 unspecified atom stereocenters. The van der Waals surface area contributed by atoms with Crippen LogP contribution in [0.15, 0.2) is 16.3 Å². The summed E-state index contributed by atoms with van der Waals surface area (Å²) >= 11 is 5.61. The lowest BCUT2D eigenvalue weighted by Gasteiger charge is -2.19. The van der Waals surface area contributed by atoms with Gasteiger partial charge >= 0.3 is 0 Å². The normalized spacial score (nSPS) is 10.3. The van der Waals surface area contributed by atoms with E-state index >= 15 is 0 Å². The molecule has 0 bridgehead atoms. The molecule has 0 saturated carbocycles. The van der Waals surface area contributed by atoms with Gasteiger partial charge in [-0.2, -0.15) is 0 Å². The number of methoxy groups -OCH3 is 1. The number of ether oxygens (including phenoxy) is 1. The van der Waals surface area contributed by atoms with Crippen LogP contribution in [0.2, 0.25) is 0 Å². The molecule has 0 N–H and O–H groups in total. The topological polar surface area (TPSA) is 29.5 Å². The highest BCUT2D eigenvalue weighted by Gasteiger charge is 2.15. The van der Waals surface area contributed by atoms with Crippen molar-refractivity contribution in [1.82, 2.24) is 4.90 Å². The maximum atomic E-state index is 11.9. The maximum Gasteiger partial charge on any atom is 0.264 e. The van der Waals surface area contributed by atoms with E-state index in [0.29, 0.717) is 19.7 Å². The van der Waals surface area contributed by atoms with Crippen LogP contribution in [0.3, 0.4) is 0 Å². The lowest BCUT2D eigenvalue weighted by Crippen LogP contribution is -2.33. The van der Waals surface area contributed by atoms with Crippen molar-refractivity contribution >= 4 is 29.9 Å². The van der Waals surface area contributed by atoms with E-state index in [4.69, 9.17) is 4.74 Å². The van der Waals surface area contributed by atoms with E-state index in [0.717, 1.165) is 9.77 Å². The fourth-order valence-corrected chi connectivity index (χ4v) is 2.31. The number of carbonyl (C=O) groups excluding carboxylic acids is 1. The molecule has 0 spiro atoms. The Bertz CT molecular complexity index is 325. The van der Waals surface area contributed by atoms with Crippen molar-refractivity contribution in [3.8, 4) is 0 Å². The smallest absolute Gasteiger partial charge is 0.264 e. The number of likely N-dealkylation sites (N-methyl/N-ethyl adjacent to an activating group) is 1. The molecule has 0 aliphatic heterocycles. The molecule has 1 amide bonds. The number of thiophene rings is 1.